The van der Waals surface area contributed by atoms with Gasteiger partial charge >= 0.3 is 0 Å². The van der Waals surface area contributed by atoms with Gasteiger partial charge in [0.1, 0.15) is 5.75 Å². The Morgan fingerprint density at radius 2 is 2.14 bits per heavy atom. The van der Waals surface area contributed by atoms with Crippen molar-refractivity contribution in [1.82, 2.24) is 0 Å². The predicted octanol–water partition coefficient (Wildman–Crippen LogP) is 4.83. The lowest BCUT2D eigenvalue weighted by atomic mass is 9.55. The molecular formula is C20H24O2. The molecule has 0 saturated heterocycles. The van der Waals surface area contributed by atoms with Gasteiger partial charge in [0.25, 0.3) is 0 Å². The van der Waals surface area contributed by atoms with Gasteiger partial charge in [-0.3, -0.25) is 4.79 Å². The molecule has 2 fully saturated rings. The van der Waals surface area contributed by atoms with Crippen LogP contribution in [0.5, 0.6) is 5.75 Å². The van der Waals surface area contributed by atoms with Gasteiger partial charge in [-0.15, -0.1) is 0 Å². The Morgan fingerprint density at radius 1 is 1.32 bits per heavy atom. The molecule has 3 unspecified atom stereocenters. The highest BCUT2D eigenvalue weighted by Crippen LogP contribution is 2.62. The highest BCUT2D eigenvalue weighted by molar-refractivity contribution is 5.99. The SMILES string of the molecule is CC=C1CCC2C3CC(=O)c4cc(O)ccc4C3CC[C@]12C. The monoisotopic (exact) mass is 296 g/mol. The summed E-state index contributed by atoms with van der Waals surface area (Å²) < 4.78 is 0. The van der Waals surface area contributed by atoms with Crippen molar-refractivity contribution in [3.05, 3.63) is 41.0 Å². The minimum atomic E-state index is 0.211. The normalized spacial score (nSPS) is 38.5. The van der Waals surface area contributed by atoms with Crippen LogP contribution in [0.15, 0.2) is 29.8 Å². The molecule has 22 heavy (non-hydrogen) atoms. The first kappa shape index (κ1) is 14.0. The summed E-state index contributed by atoms with van der Waals surface area (Å²) in [5, 5.41) is 9.70. The number of benzene rings is 1. The number of carbonyl (C=O) groups excluding carboxylic acids is 1. The van der Waals surface area contributed by atoms with Crippen LogP contribution in [0.2, 0.25) is 0 Å². The topological polar surface area (TPSA) is 37.3 Å². The number of Topliss-reactive ketones (excluding diaryl/α,β-unsaturated/α-hetero) is 1. The molecule has 0 radical (unpaired) electrons. The van der Waals surface area contributed by atoms with Crippen molar-refractivity contribution in [3.63, 3.8) is 0 Å². The fraction of sp³-hybridized carbons (Fsp3) is 0.550. The molecule has 0 aliphatic heterocycles. The van der Waals surface area contributed by atoms with E-state index in [9.17, 15) is 9.90 Å². The average molecular weight is 296 g/mol. The van der Waals surface area contributed by atoms with Crippen LogP contribution in [0.25, 0.3) is 0 Å². The molecule has 2 heteroatoms. The second-order valence-corrected chi connectivity index (χ2v) is 7.58. The zero-order chi connectivity index (χ0) is 15.5. The highest BCUT2D eigenvalue weighted by Gasteiger charge is 2.53. The van der Waals surface area contributed by atoms with Gasteiger partial charge in [-0.1, -0.05) is 24.6 Å². The molecule has 3 aliphatic rings. The van der Waals surface area contributed by atoms with Crippen molar-refractivity contribution in [2.24, 2.45) is 17.3 Å². The molecule has 4 atom stereocenters. The van der Waals surface area contributed by atoms with Crippen LogP contribution in [0, 0.1) is 17.3 Å². The van der Waals surface area contributed by atoms with E-state index in [1.807, 2.05) is 6.07 Å². The van der Waals surface area contributed by atoms with Crippen molar-refractivity contribution in [2.75, 3.05) is 0 Å². The fourth-order valence-corrected chi connectivity index (χ4v) is 5.71. The van der Waals surface area contributed by atoms with Crippen LogP contribution < -0.4 is 0 Å². The number of rotatable bonds is 0. The first-order valence-corrected chi connectivity index (χ1v) is 8.56. The van der Waals surface area contributed by atoms with Crippen LogP contribution >= 0.6 is 0 Å². The Hall–Kier alpha value is -1.57. The summed E-state index contributed by atoms with van der Waals surface area (Å²) in [7, 11) is 0. The number of allylic oxidation sites excluding steroid dienone is 2. The van der Waals surface area contributed by atoms with Gasteiger partial charge in [-0.2, -0.15) is 0 Å². The number of aromatic hydroxyl groups is 1. The van der Waals surface area contributed by atoms with E-state index < -0.39 is 0 Å². The van der Waals surface area contributed by atoms with E-state index in [0.717, 1.165) is 5.56 Å². The third-order valence-corrected chi connectivity index (χ3v) is 6.79. The van der Waals surface area contributed by atoms with E-state index in [1.165, 1.54) is 31.2 Å². The first-order chi connectivity index (χ1) is 10.5. The largest absolute Gasteiger partial charge is 0.508 e. The number of ketones is 1. The van der Waals surface area contributed by atoms with Crippen molar-refractivity contribution >= 4 is 5.78 Å². The van der Waals surface area contributed by atoms with E-state index in [2.05, 4.69) is 19.9 Å². The predicted molar refractivity (Wildman–Crippen MR) is 87.1 cm³/mol. The molecule has 2 nitrogen and oxygen atoms in total. The first-order valence-electron chi connectivity index (χ1n) is 8.56. The summed E-state index contributed by atoms with van der Waals surface area (Å²) in [5.41, 5.74) is 3.88. The molecule has 0 amide bonds. The molecule has 0 aromatic heterocycles. The quantitative estimate of drug-likeness (QED) is 0.696. The average Bonchev–Trinajstić information content (AvgIpc) is 2.84. The van der Waals surface area contributed by atoms with Crippen molar-refractivity contribution < 1.29 is 9.90 Å². The third-order valence-electron chi connectivity index (χ3n) is 6.79. The maximum atomic E-state index is 12.6. The molecule has 3 aliphatic carbocycles. The summed E-state index contributed by atoms with van der Waals surface area (Å²) in [4.78, 5) is 12.6. The summed E-state index contributed by atoms with van der Waals surface area (Å²) in [6.07, 6.45) is 7.82. The third kappa shape index (κ3) is 1.76. The lowest BCUT2D eigenvalue weighted by Gasteiger charge is -2.49. The number of hydrogen-bond donors (Lipinski definition) is 1. The Balaban J connectivity index is 1.77. The fourth-order valence-electron chi connectivity index (χ4n) is 5.71. The zero-order valence-corrected chi connectivity index (χ0v) is 13.4. The molecule has 1 aromatic carbocycles. The molecule has 1 aromatic rings. The van der Waals surface area contributed by atoms with Crippen molar-refractivity contribution in [1.29, 1.82) is 0 Å². The molecule has 1 N–H and O–H groups in total. The molecule has 0 bridgehead atoms. The van der Waals surface area contributed by atoms with Crippen molar-refractivity contribution in [3.8, 4) is 5.75 Å². The van der Waals surface area contributed by atoms with E-state index in [4.69, 9.17) is 0 Å². The van der Waals surface area contributed by atoms with Gasteiger partial charge in [0.15, 0.2) is 5.78 Å². The lowest BCUT2D eigenvalue weighted by Crippen LogP contribution is -2.41. The Bertz CT molecular complexity index is 672. The summed E-state index contributed by atoms with van der Waals surface area (Å²) >= 11 is 0. The summed E-state index contributed by atoms with van der Waals surface area (Å²) in [6, 6.07) is 5.41. The molecule has 0 heterocycles. The minimum Gasteiger partial charge on any atom is -0.508 e. The van der Waals surface area contributed by atoms with Crippen LogP contribution in [-0.4, -0.2) is 10.9 Å². The van der Waals surface area contributed by atoms with Crippen LogP contribution in [0.1, 0.15) is 67.8 Å². The molecule has 2 saturated carbocycles. The number of carbonyl (C=O) groups is 1. The minimum absolute atomic E-state index is 0.211. The van der Waals surface area contributed by atoms with E-state index in [-0.39, 0.29) is 11.5 Å². The molecule has 4 rings (SSSR count). The van der Waals surface area contributed by atoms with Crippen molar-refractivity contribution in [2.45, 2.75) is 51.9 Å². The maximum absolute atomic E-state index is 12.6. The molecular weight excluding hydrogens is 272 g/mol. The van der Waals surface area contributed by atoms with Gasteiger partial charge in [0, 0.05) is 12.0 Å². The molecule has 0 spiro atoms. The maximum Gasteiger partial charge on any atom is 0.163 e. The van der Waals surface area contributed by atoms with Gasteiger partial charge in [0.2, 0.25) is 0 Å². The van der Waals surface area contributed by atoms with E-state index in [1.54, 1.807) is 17.7 Å². The standard InChI is InChI=1S/C20H24O2/c1-3-12-4-7-18-16-11-19(22)17-10-13(21)5-6-14(17)15(16)8-9-20(12,18)2/h3,5-6,10,15-16,18,21H,4,7-9,11H2,1-2H3/t15?,16?,18?,20-/m1/s1. The van der Waals surface area contributed by atoms with E-state index >= 15 is 0 Å². The Kier molecular flexibility index (Phi) is 3.01. The summed E-state index contributed by atoms with van der Waals surface area (Å²) in [6.45, 7) is 4.59. The Morgan fingerprint density at radius 3 is 2.91 bits per heavy atom. The number of hydrogen-bond acceptors (Lipinski definition) is 2. The van der Waals surface area contributed by atoms with Gasteiger partial charge in [0.05, 0.1) is 0 Å². The second-order valence-electron chi connectivity index (χ2n) is 7.58. The van der Waals surface area contributed by atoms with Gasteiger partial charge in [-0.25, -0.2) is 0 Å². The van der Waals surface area contributed by atoms with E-state index in [0.29, 0.717) is 29.6 Å². The number of phenols is 1. The number of phenolic OH excluding ortho intramolecular Hbond substituents is 1. The number of fused-ring (bicyclic) bond motifs is 5. The van der Waals surface area contributed by atoms with Crippen LogP contribution in [0.3, 0.4) is 0 Å². The smallest absolute Gasteiger partial charge is 0.163 e. The highest BCUT2D eigenvalue weighted by atomic mass is 16.3. The van der Waals surface area contributed by atoms with Crippen LogP contribution in [0.4, 0.5) is 0 Å². The van der Waals surface area contributed by atoms with Crippen LogP contribution in [-0.2, 0) is 0 Å². The van der Waals surface area contributed by atoms with Gasteiger partial charge in [-0.05, 0) is 73.5 Å². The lowest BCUT2D eigenvalue weighted by molar-refractivity contribution is 0.0652. The van der Waals surface area contributed by atoms with Gasteiger partial charge < -0.3 is 5.11 Å². The molecule has 116 valence electrons. The Labute approximate surface area is 132 Å². The zero-order valence-electron chi connectivity index (χ0n) is 13.4. The second kappa shape index (κ2) is 4.71. The summed E-state index contributed by atoms with van der Waals surface area (Å²) in [5.74, 6) is 2.07.